The Bertz CT molecular complexity index is 708. The molecule has 1 aromatic carbocycles. The van der Waals surface area contributed by atoms with Gasteiger partial charge in [-0.1, -0.05) is 0 Å². The molecule has 2 aromatic rings. The molecule has 0 fully saturated rings. The highest BCUT2D eigenvalue weighted by atomic mass is 19.1. The zero-order valence-electron chi connectivity index (χ0n) is 12.5. The summed E-state index contributed by atoms with van der Waals surface area (Å²) in [5.74, 6) is -0.753. The van der Waals surface area contributed by atoms with Gasteiger partial charge in [0.2, 0.25) is 0 Å². The van der Waals surface area contributed by atoms with Gasteiger partial charge in [-0.15, -0.1) is 0 Å². The van der Waals surface area contributed by atoms with Crippen LogP contribution < -0.4 is 10.9 Å². The van der Waals surface area contributed by atoms with Crippen LogP contribution in [0, 0.1) is 5.82 Å². The number of nitrogens with one attached hydrogen (secondary N) is 2. The monoisotopic (exact) mass is 303 g/mol. The molecule has 0 aliphatic rings. The first kappa shape index (κ1) is 15.9. The van der Waals surface area contributed by atoms with Crippen molar-refractivity contribution in [1.29, 1.82) is 0 Å². The molecule has 1 aromatic heterocycles. The first-order chi connectivity index (χ1) is 10.5. The lowest BCUT2D eigenvalue weighted by Gasteiger charge is -2.10. The van der Waals surface area contributed by atoms with Crippen LogP contribution in [0.25, 0.3) is 11.3 Å². The van der Waals surface area contributed by atoms with Crippen LogP contribution in [0.4, 0.5) is 4.39 Å². The standard InChI is InChI=1S/C16H18FN3O2/c1-20(2)10-9-18-15(21)13-7-8-14(19-16(13)22)11-3-5-12(17)6-4-11/h3-8H,9-10H2,1-2H3,(H,18,21)(H,19,22). The van der Waals surface area contributed by atoms with E-state index in [1.54, 1.807) is 18.2 Å². The first-order valence-electron chi connectivity index (χ1n) is 6.89. The van der Waals surface area contributed by atoms with Crippen LogP contribution in [0.15, 0.2) is 41.2 Å². The third-order valence-corrected chi connectivity index (χ3v) is 3.15. The van der Waals surface area contributed by atoms with E-state index in [0.29, 0.717) is 24.3 Å². The first-order valence-corrected chi connectivity index (χ1v) is 6.89. The Kier molecular flexibility index (Phi) is 5.06. The molecule has 0 spiro atoms. The molecule has 2 rings (SSSR count). The molecule has 0 atom stereocenters. The van der Waals surface area contributed by atoms with Crippen LogP contribution in [0.1, 0.15) is 10.4 Å². The number of aromatic amines is 1. The number of hydrogen-bond donors (Lipinski definition) is 2. The van der Waals surface area contributed by atoms with E-state index < -0.39 is 11.5 Å². The smallest absolute Gasteiger partial charge is 0.261 e. The van der Waals surface area contributed by atoms with E-state index in [0.717, 1.165) is 0 Å². The van der Waals surface area contributed by atoms with Crippen LogP contribution in [0.5, 0.6) is 0 Å². The lowest BCUT2D eigenvalue weighted by molar-refractivity contribution is 0.0949. The van der Waals surface area contributed by atoms with E-state index >= 15 is 0 Å². The minimum absolute atomic E-state index is 0.0598. The summed E-state index contributed by atoms with van der Waals surface area (Å²) in [6, 6.07) is 8.87. The van der Waals surface area contributed by atoms with E-state index in [1.807, 2.05) is 19.0 Å². The molecule has 0 radical (unpaired) electrons. The Morgan fingerprint density at radius 2 is 1.86 bits per heavy atom. The van der Waals surface area contributed by atoms with Crippen LogP contribution in [0.2, 0.25) is 0 Å². The molecule has 0 aliphatic carbocycles. The number of halogens is 1. The molecule has 0 unspecified atom stereocenters. The number of amides is 1. The highest BCUT2D eigenvalue weighted by molar-refractivity contribution is 5.94. The highest BCUT2D eigenvalue weighted by Gasteiger charge is 2.11. The van der Waals surface area contributed by atoms with Crippen LogP contribution in [-0.4, -0.2) is 43.0 Å². The van der Waals surface area contributed by atoms with Crippen molar-refractivity contribution < 1.29 is 9.18 Å². The summed E-state index contributed by atoms with van der Waals surface area (Å²) in [7, 11) is 3.80. The number of likely N-dealkylation sites (N-methyl/N-ethyl adjacent to an activating group) is 1. The molecule has 0 aliphatic heterocycles. The molecule has 5 nitrogen and oxygen atoms in total. The topological polar surface area (TPSA) is 65.2 Å². The normalized spacial score (nSPS) is 10.7. The van der Waals surface area contributed by atoms with Crippen molar-refractivity contribution in [3.05, 3.63) is 58.1 Å². The van der Waals surface area contributed by atoms with Crippen molar-refractivity contribution in [1.82, 2.24) is 15.2 Å². The van der Waals surface area contributed by atoms with Gasteiger partial charge < -0.3 is 15.2 Å². The predicted molar refractivity (Wildman–Crippen MR) is 83.3 cm³/mol. The van der Waals surface area contributed by atoms with Gasteiger partial charge in [-0.3, -0.25) is 9.59 Å². The van der Waals surface area contributed by atoms with Gasteiger partial charge in [0.15, 0.2) is 0 Å². The van der Waals surface area contributed by atoms with Gasteiger partial charge in [-0.2, -0.15) is 0 Å². The van der Waals surface area contributed by atoms with Crippen LogP contribution >= 0.6 is 0 Å². The SMILES string of the molecule is CN(C)CCNC(=O)c1ccc(-c2ccc(F)cc2)[nH]c1=O. The maximum atomic E-state index is 12.9. The fourth-order valence-electron chi connectivity index (χ4n) is 1.94. The molecule has 116 valence electrons. The van der Waals surface area contributed by atoms with Crippen molar-refractivity contribution in [2.45, 2.75) is 0 Å². The number of H-pyrrole nitrogens is 1. The van der Waals surface area contributed by atoms with Gasteiger partial charge in [-0.05, 0) is 56.1 Å². The van der Waals surface area contributed by atoms with Gasteiger partial charge in [0.1, 0.15) is 11.4 Å². The highest BCUT2D eigenvalue weighted by Crippen LogP contribution is 2.15. The second kappa shape index (κ2) is 7.00. The second-order valence-corrected chi connectivity index (χ2v) is 5.18. The molecular weight excluding hydrogens is 285 g/mol. The number of carbonyl (C=O) groups excluding carboxylic acids is 1. The van der Waals surface area contributed by atoms with Crippen molar-refractivity contribution in [3.63, 3.8) is 0 Å². The number of benzene rings is 1. The number of carbonyl (C=O) groups is 1. The zero-order chi connectivity index (χ0) is 16.1. The Labute approximate surface area is 127 Å². The summed E-state index contributed by atoms with van der Waals surface area (Å²) in [4.78, 5) is 28.5. The van der Waals surface area contributed by atoms with Crippen LogP contribution in [0.3, 0.4) is 0 Å². The minimum atomic E-state index is -0.468. The minimum Gasteiger partial charge on any atom is -0.351 e. The fourth-order valence-corrected chi connectivity index (χ4v) is 1.94. The molecule has 6 heteroatoms. The molecule has 2 N–H and O–H groups in total. The average Bonchev–Trinajstić information content (AvgIpc) is 2.47. The average molecular weight is 303 g/mol. The maximum Gasteiger partial charge on any atom is 0.261 e. The second-order valence-electron chi connectivity index (χ2n) is 5.18. The Morgan fingerprint density at radius 3 is 2.45 bits per heavy atom. The van der Waals surface area contributed by atoms with E-state index in [-0.39, 0.29) is 11.4 Å². The molecule has 1 heterocycles. The van der Waals surface area contributed by atoms with Gasteiger partial charge in [0.05, 0.1) is 0 Å². The lowest BCUT2D eigenvalue weighted by Crippen LogP contribution is -2.34. The van der Waals surface area contributed by atoms with Crippen LogP contribution in [-0.2, 0) is 0 Å². The molecule has 0 bridgehead atoms. The van der Waals surface area contributed by atoms with E-state index in [9.17, 15) is 14.0 Å². The molecule has 0 saturated heterocycles. The number of nitrogens with zero attached hydrogens (tertiary/aromatic N) is 1. The Hall–Kier alpha value is -2.47. The number of hydrogen-bond acceptors (Lipinski definition) is 3. The van der Waals surface area contributed by atoms with Gasteiger partial charge in [0.25, 0.3) is 11.5 Å². The summed E-state index contributed by atoms with van der Waals surface area (Å²) < 4.78 is 12.9. The number of aromatic nitrogens is 1. The van der Waals surface area contributed by atoms with Gasteiger partial charge in [-0.25, -0.2) is 4.39 Å². The van der Waals surface area contributed by atoms with Gasteiger partial charge in [0, 0.05) is 18.8 Å². The quantitative estimate of drug-likeness (QED) is 0.879. The summed E-state index contributed by atoms with van der Waals surface area (Å²) in [6.07, 6.45) is 0. The van der Waals surface area contributed by atoms with E-state index in [4.69, 9.17) is 0 Å². The van der Waals surface area contributed by atoms with E-state index in [1.165, 1.54) is 18.2 Å². The van der Waals surface area contributed by atoms with Crippen molar-refractivity contribution >= 4 is 5.91 Å². The molecular formula is C16H18FN3O2. The van der Waals surface area contributed by atoms with Crippen molar-refractivity contribution in [2.75, 3.05) is 27.2 Å². The lowest BCUT2D eigenvalue weighted by atomic mass is 10.1. The summed E-state index contributed by atoms with van der Waals surface area (Å²) in [5, 5.41) is 2.69. The number of rotatable bonds is 5. The summed E-state index contributed by atoms with van der Waals surface area (Å²) in [6.45, 7) is 1.16. The third-order valence-electron chi connectivity index (χ3n) is 3.15. The van der Waals surface area contributed by atoms with E-state index in [2.05, 4.69) is 10.3 Å². The number of pyridine rings is 1. The zero-order valence-corrected chi connectivity index (χ0v) is 12.5. The molecule has 22 heavy (non-hydrogen) atoms. The van der Waals surface area contributed by atoms with Gasteiger partial charge >= 0.3 is 0 Å². The predicted octanol–water partition coefficient (Wildman–Crippen LogP) is 1.47. The Morgan fingerprint density at radius 1 is 1.18 bits per heavy atom. The maximum absolute atomic E-state index is 12.9. The largest absolute Gasteiger partial charge is 0.351 e. The van der Waals surface area contributed by atoms with Crippen molar-refractivity contribution in [3.8, 4) is 11.3 Å². The van der Waals surface area contributed by atoms with Crippen molar-refractivity contribution in [2.24, 2.45) is 0 Å². The molecule has 1 amide bonds. The molecule has 0 saturated carbocycles. The summed E-state index contributed by atoms with van der Waals surface area (Å²) in [5.41, 5.74) is 0.807. The fraction of sp³-hybridized carbons (Fsp3) is 0.250. The summed E-state index contributed by atoms with van der Waals surface area (Å²) >= 11 is 0. The Balaban J connectivity index is 2.14. The third kappa shape index (κ3) is 4.02.